The minimum atomic E-state index is -0.693. The number of hydrogen-bond donors (Lipinski definition) is 1. The first-order chi connectivity index (χ1) is 9.56. The quantitative estimate of drug-likeness (QED) is 0.386. The van der Waals surface area contributed by atoms with Crippen LogP contribution < -0.4 is 10.5 Å². The molecular weight excluding hydrogens is 256 g/mol. The van der Waals surface area contributed by atoms with Gasteiger partial charge in [0.2, 0.25) is 0 Å². The number of carbonyl (C=O) groups is 1. The van der Waals surface area contributed by atoms with Crippen molar-refractivity contribution in [2.24, 2.45) is 0 Å². The lowest BCUT2D eigenvalue weighted by molar-refractivity contribution is -0.138. The Balaban J connectivity index is 2.50. The van der Waals surface area contributed by atoms with E-state index in [0.717, 1.165) is 11.1 Å². The van der Waals surface area contributed by atoms with Gasteiger partial charge in [-0.1, -0.05) is 0 Å². The predicted molar refractivity (Wildman–Crippen MR) is 74.4 cm³/mol. The van der Waals surface area contributed by atoms with E-state index in [2.05, 4.69) is 0 Å². The van der Waals surface area contributed by atoms with Crippen LogP contribution in [0.3, 0.4) is 0 Å². The van der Waals surface area contributed by atoms with Gasteiger partial charge in [-0.05, 0) is 37.6 Å². The Labute approximate surface area is 116 Å². The fraction of sp³-hybridized carbons (Fsp3) is 0.200. The number of nitriles is 1. The summed E-state index contributed by atoms with van der Waals surface area (Å²) in [5.41, 5.74) is 7.88. The number of hydrogen-bond acceptors (Lipinski definition) is 5. The van der Waals surface area contributed by atoms with Gasteiger partial charge in [-0.2, -0.15) is 5.26 Å². The zero-order chi connectivity index (χ0) is 14.7. The molecule has 102 valence electrons. The molecule has 0 amide bonds. The number of fused-ring (bicyclic) bond motifs is 1. The molecule has 20 heavy (non-hydrogen) atoms. The van der Waals surface area contributed by atoms with Crippen molar-refractivity contribution in [3.63, 3.8) is 0 Å². The number of nitrogens with two attached hydrogens (primary N) is 1. The van der Waals surface area contributed by atoms with Gasteiger partial charge in [-0.15, -0.1) is 0 Å². The van der Waals surface area contributed by atoms with Crippen LogP contribution in [0.2, 0.25) is 0 Å². The standard InChI is InChI=1S/C15H14N2O3/c1-3-19-15(18)12(8-16)13-6-9(2)11-5-4-10(17)7-14(11)20-13/h4-7H,3,17H2,1-2H3/b13-12-. The Morgan fingerprint density at radius 2 is 2.25 bits per heavy atom. The summed E-state index contributed by atoms with van der Waals surface area (Å²) >= 11 is 0. The maximum atomic E-state index is 11.7. The summed E-state index contributed by atoms with van der Waals surface area (Å²) in [7, 11) is 0. The highest BCUT2D eigenvalue weighted by molar-refractivity contribution is 5.95. The summed E-state index contributed by atoms with van der Waals surface area (Å²) in [4.78, 5) is 11.7. The molecule has 0 saturated heterocycles. The van der Waals surface area contributed by atoms with Crippen molar-refractivity contribution >= 4 is 17.2 Å². The topological polar surface area (TPSA) is 85.3 Å². The summed E-state index contributed by atoms with van der Waals surface area (Å²) in [6, 6.07) is 7.09. The lowest BCUT2D eigenvalue weighted by Gasteiger charge is -2.19. The number of nitrogens with zero attached hydrogens (tertiary/aromatic N) is 1. The highest BCUT2D eigenvalue weighted by Gasteiger charge is 2.22. The van der Waals surface area contributed by atoms with Crippen molar-refractivity contribution in [1.82, 2.24) is 0 Å². The molecule has 0 atom stereocenters. The summed E-state index contributed by atoms with van der Waals surface area (Å²) < 4.78 is 10.4. The SMILES string of the molecule is CCOC(=O)/C(C#N)=C1/C=C(C)c2ccc(N)cc2O1. The molecule has 1 aliphatic rings. The number of nitrogen functional groups attached to an aromatic ring is 1. The molecule has 5 heteroatoms. The average Bonchev–Trinajstić information content (AvgIpc) is 2.39. The third-order valence-electron chi connectivity index (χ3n) is 2.84. The molecule has 0 unspecified atom stereocenters. The Morgan fingerprint density at radius 3 is 2.90 bits per heavy atom. The third kappa shape index (κ3) is 2.50. The molecule has 1 heterocycles. The molecule has 0 fully saturated rings. The van der Waals surface area contributed by atoms with Gasteiger partial charge in [-0.25, -0.2) is 4.79 Å². The fourth-order valence-corrected chi connectivity index (χ4v) is 1.90. The van der Waals surface area contributed by atoms with E-state index in [1.807, 2.05) is 19.1 Å². The minimum absolute atomic E-state index is 0.153. The average molecular weight is 270 g/mol. The second-order valence-corrected chi connectivity index (χ2v) is 4.26. The van der Waals surface area contributed by atoms with E-state index in [1.54, 1.807) is 25.1 Å². The molecule has 0 aliphatic carbocycles. The van der Waals surface area contributed by atoms with E-state index in [1.165, 1.54) is 0 Å². The summed E-state index contributed by atoms with van der Waals surface area (Å²) in [6.07, 6.45) is 1.65. The Kier molecular flexibility index (Phi) is 3.76. The number of benzene rings is 1. The zero-order valence-electron chi connectivity index (χ0n) is 11.3. The van der Waals surface area contributed by atoms with E-state index in [0.29, 0.717) is 11.4 Å². The van der Waals surface area contributed by atoms with Gasteiger partial charge in [0.15, 0.2) is 11.3 Å². The van der Waals surface area contributed by atoms with Crippen molar-refractivity contribution in [3.05, 3.63) is 41.2 Å². The molecule has 1 aromatic carbocycles. The number of carbonyl (C=O) groups excluding carboxylic acids is 1. The number of allylic oxidation sites excluding steroid dienone is 2. The molecule has 2 N–H and O–H groups in total. The second kappa shape index (κ2) is 5.49. The van der Waals surface area contributed by atoms with Crippen LogP contribution in [-0.2, 0) is 9.53 Å². The first-order valence-electron chi connectivity index (χ1n) is 6.14. The maximum Gasteiger partial charge on any atom is 0.352 e. The van der Waals surface area contributed by atoms with Crippen molar-refractivity contribution in [2.45, 2.75) is 13.8 Å². The highest BCUT2D eigenvalue weighted by Crippen LogP contribution is 2.35. The largest absolute Gasteiger partial charge is 0.462 e. The maximum absolute atomic E-state index is 11.7. The molecular formula is C15H14N2O3. The minimum Gasteiger partial charge on any atom is -0.462 e. The molecule has 0 saturated carbocycles. The van der Waals surface area contributed by atoms with Crippen molar-refractivity contribution in [3.8, 4) is 11.8 Å². The van der Waals surface area contributed by atoms with Crippen LogP contribution >= 0.6 is 0 Å². The molecule has 0 aromatic heterocycles. The van der Waals surface area contributed by atoms with Crippen LogP contribution in [0.1, 0.15) is 19.4 Å². The van der Waals surface area contributed by atoms with E-state index >= 15 is 0 Å². The van der Waals surface area contributed by atoms with E-state index < -0.39 is 5.97 Å². The van der Waals surface area contributed by atoms with Crippen LogP contribution in [0, 0.1) is 11.3 Å². The molecule has 1 aromatic rings. The summed E-state index contributed by atoms with van der Waals surface area (Å²) in [6.45, 7) is 3.75. The second-order valence-electron chi connectivity index (χ2n) is 4.26. The molecule has 1 aliphatic heterocycles. The van der Waals surface area contributed by atoms with Gasteiger partial charge in [0.25, 0.3) is 0 Å². The number of esters is 1. The Bertz CT molecular complexity index is 666. The third-order valence-corrected chi connectivity index (χ3v) is 2.84. The Hall–Kier alpha value is -2.74. The van der Waals surface area contributed by atoms with Crippen molar-refractivity contribution < 1.29 is 14.3 Å². The van der Waals surface area contributed by atoms with E-state index in [-0.39, 0.29) is 17.9 Å². The first kappa shape index (κ1) is 13.7. The van der Waals surface area contributed by atoms with Gasteiger partial charge in [0.1, 0.15) is 11.8 Å². The normalized spacial score (nSPS) is 15.3. The van der Waals surface area contributed by atoms with Crippen molar-refractivity contribution in [2.75, 3.05) is 12.3 Å². The van der Waals surface area contributed by atoms with Crippen LogP contribution in [0.4, 0.5) is 5.69 Å². The summed E-state index contributed by atoms with van der Waals surface area (Å²) in [5, 5.41) is 9.12. The molecule has 2 rings (SSSR count). The molecule has 0 bridgehead atoms. The van der Waals surface area contributed by atoms with Gasteiger partial charge in [0.05, 0.1) is 6.61 Å². The van der Waals surface area contributed by atoms with Crippen molar-refractivity contribution in [1.29, 1.82) is 5.26 Å². The number of rotatable bonds is 2. The van der Waals surface area contributed by atoms with Crippen LogP contribution in [-0.4, -0.2) is 12.6 Å². The number of ether oxygens (including phenoxy) is 2. The molecule has 5 nitrogen and oxygen atoms in total. The van der Waals surface area contributed by atoms with Crippen LogP contribution in [0.25, 0.3) is 5.57 Å². The van der Waals surface area contributed by atoms with Gasteiger partial charge < -0.3 is 15.2 Å². The fourth-order valence-electron chi connectivity index (χ4n) is 1.90. The summed E-state index contributed by atoms with van der Waals surface area (Å²) in [5.74, 6) is 0.0139. The first-order valence-corrected chi connectivity index (χ1v) is 6.14. The van der Waals surface area contributed by atoms with Gasteiger partial charge in [0, 0.05) is 17.3 Å². The number of anilines is 1. The molecule has 0 radical (unpaired) electrons. The van der Waals surface area contributed by atoms with Crippen LogP contribution in [0.15, 0.2) is 35.6 Å². The highest BCUT2D eigenvalue weighted by atomic mass is 16.5. The smallest absolute Gasteiger partial charge is 0.352 e. The van der Waals surface area contributed by atoms with Gasteiger partial charge >= 0.3 is 5.97 Å². The van der Waals surface area contributed by atoms with E-state index in [4.69, 9.17) is 20.5 Å². The van der Waals surface area contributed by atoms with Crippen LogP contribution in [0.5, 0.6) is 5.75 Å². The predicted octanol–water partition coefficient (Wildman–Crippen LogP) is 2.41. The van der Waals surface area contributed by atoms with Gasteiger partial charge in [-0.3, -0.25) is 0 Å². The monoisotopic (exact) mass is 270 g/mol. The Morgan fingerprint density at radius 1 is 1.50 bits per heavy atom. The van der Waals surface area contributed by atoms with E-state index in [9.17, 15) is 4.79 Å². The lowest BCUT2D eigenvalue weighted by atomic mass is 10.0. The lowest BCUT2D eigenvalue weighted by Crippen LogP contribution is -2.13. The molecule has 0 spiro atoms. The zero-order valence-corrected chi connectivity index (χ0v) is 11.3.